The molecule has 20 nitrogen and oxygen atoms in total. The molecule has 6 atom stereocenters. The van der Waals surface area contributed by atoms with Gasteiger partial charge in [-0.2, -0.15) is 0 Å². The maximum atomic E-state index is 14.3. The van der Waals surface area contributed by atoms with E-state index < -0.39 is 95.7 Å². The van der Waals surface area contributed by atoms with Crippen LogP contribution < -0.4 is 10.1 Å². The first-order valence-corrected chi connectivity index (χ1v) is 25.5. The molecule has 1 saturated heterocycles. The zero-order chi connectivity index (χ0) is 54.2. The molecule has 0 saturated carbocycles. The molecule has 21 heteroatoms. The number of aliphatic hydroxyl groups is 3. The summed E-state index contributed by atoms with van der Waals surface area (Å²) in [5, 5.41) is 64.5. The second-order valence-electron chi connectivity index (χ2n) is 20.2. The number of nitrogens with zero attached hydrogens (tertiary/aromatic N) is 6. The van der Waals surface area contributed by atoms with E-state index in [9.17, 15) is 39.9 Å². The van der Waals surface area contributed by atoms with Gasteiger partial charge in [0.05, 0.1) is 47.4 Å². The number of hydrogen-bond acceptors (Lipinski definition) is 18. The zero-order valence-corrected chi connectivity index (χ0v) is 45.7. The van der Waals surface area contributed by atoms with Gasteiger partial charge in [-0.05, 0) is 19.1 Å². The van der Waals surface area contributed by atoms with E-state index in [4.69, 9.17) is 44.1 Å². The van der Waals surface area contributed by atoms with Crippen LogP contribution in [-0.2, 0) is 40.2 Å². The third kappa shape index (κ3) is 7.75. The SMILES string of the molecule is COc1cccc2c1C(=O)c1c(O)c3c(c(O)c1C2=O)C[C@@](O)(C(=O)CO)C[C@@H]3OC1CC(Nc2cccc3c4nc5nc(nc6[nH]c(nc7nc(nc([nH]4)c23)-c2ccccc2-7)c2ccccc62)-c2ccccc2-5)C(O)C(C)O1.[Zn]. The minimum Gasteiger partial charge on any atom is -0.507 e. The Labute approximate surface area is 465 Å². The summed E-state index contributed by atoms with van der Waals surface area (Å²) in [5.41, 5.74) is 1.45. The van der Waals surface area contributed by atoms with Gasteiger partial charge in [-0.15, -0.1) is 0 Å². The summed E-state index contributed by atoms with van der Waals surface area (Å²) in [4.78, 5) is 79.3. The van der Waals surface area contributed by atoms with Gasteiger partial charge in [-0.3, -0.25) is 14.4 Å². The molecule has 3 aliphatic heterocycles. The van der Waals surface area contributed by atoms with Gasteiger partial charge in [-0.1, -0.05) is 97.1 Å². The van der Waals surface area contributed by atoms with E-state index >= 15 is 0 Å². The number of ether oxygens (including phenoxy) is 3. The molecule has 3 aromatic heterocycles. The van der Waals surface area contributed by atoms with Gasteiger partial charge in [0.2, 0.25) is 5.78 Å². The molecule has 5 aliphatic rings. The van der Waals surface area contributed by atoms with E-state index in [0.29, 0.717) is 62.3 Å². The molecule has 2 aliphatic carbocycles. The first kappa shape index (κ1) is 50.8. The molecule has 0 radical (unpaired) electrons. The van der Waals surface area contributed by atoms with E-state index in [1.807, 2.05) is 91.0 Å². The zero-order valence-electron chi connectivity index (χ0n) is 42.7. The second-order valence-corrected chi connectivity index (χ2v) is 20.2. The molecular weight excluding hydrogens is 1080 g/mol. The van der Waals surface area contributed by atoms with Gasteiger partial charge in [0.15, 0.2) is 41.2 Å². The summed E-state index contributed by atoms with van der Waals surface area (Å²) in [6.45, 7) is 0.555. The molecule has 1 fully saturated rings. The number of phenolic OH excluding ortho intramolecular Hbond substituents is 2. The molecule has 8 bridgehead atoms. The summed E-state index contributed by atoms with van der Waals surface area (Å²) in [7, 11) is 1.33. The van der Waals surface area contributed by atoms with Crippen molar-refractivity contribution in [1.82, 2.24) is 39.9 Å². The van der Waals surface area contributed by atoms with E-state index in [-0.39, 0.29) is 53.9 Å². The minimum absolute atomic E-state index is 0. The Morgan fingerprint density at radius 2 is 1.21 bits per heavy atom. The van der Waals surface area contributed by atoms with Crippen LogP contribution >= 0.6 is 0 Å². The number of hydrogen-bond donors (Lipinski definition) is 8. The molecule has 6 aromatic carbocycles. The van der Waals surface area contributed by atoms with Gasteiger partial charge < -0.3 is 55.0 Å². The van der Waals surface area contributed by atoms with Crippen LogP contribution in [0.2, 0.25) is 0 Å². The Morgan fingerprint density at radius 3 is 1.81 bits per heavy atom. The molecule has 4 unspecified atom stereocenters. The van der Waals surface area contributed by atoms with Gasteiger partial charge in [0.1, 0.15) is 58.1 Å². The van der Waals surface area contributed by atoms with E-state index in [1.165, 1.54) is 25.3 Å². The maximum Gasteiger partial charge on any atom is 0.202 e. The average Bonchev–Trinajstić information content (AvgIpc) is 4.32. The number of nitrogens with one attached hydrogen (secondary N) is 3. The van der Waals surface area contributed by atoms with Crippen molar-refractivity contribution in [1.29, 1.82) is 0 Å². The fourth-order valence-corrected chi connectivity index (χ4v) is 11.9. The molecular formula is C59H45N9O11Zn. The number of H-pyrrole nitrogens is 2. The number of benzene rings is 6. The molecule has 394 valence electrons. The van der Waals surface area contributed by atoms with Crippen molar-refractivity contribution in [2.45, 2.75) is 62.4 Å². The van der Waals surface area contributed by atoms with Crippen molar-refractivity contribution in [2.24, 2.45) is 0 Å². The summed E-state index contributed by atoms with van der Waals surface area (Å²) in [6.07, 6.45) is -6.10. The molecule has 0 amide bonds. The van der Waals surface area contributed by atoms with Crippen LogP contribution in [0, 0.1) is 0 Å². The predicted molar refractivity (Wildman–Crippen MR) is 287 cm³/mol. The number of anilines is 1. The van der Waals surface area contributed by atoms with Crippen LogP contribution in [0.15, 0.2) is 109 Å². The quantitative estimate of drug-likeness (QED) is 0.0572. The van der Waals surface area contributed by atoms with Crippen molar-refractivity contribution in [3.63, 3.8) is 0 Å². The predicted octanol–water partition coefficient (Wildman–Crippen LogP) is 7.33. The number of aromatic hydroxyl groups is 2. The Bertz CT molecular complexity index is 4350. The number of fused-ring (bicyclic) bond motifs is 23. The molecule has 80 heavy (non-hydrogen) atoms. The Morgan fingerprint density at radius 1 is 0.688 bits per heavy atom. The third-order valence-electron chi connectivity index (χ3n) is 15.7. The Kier molecular flexibility index (Phi) is 12.1. The standard InChI is InChI=1S/C59H45N9O11.Zn/c1-25-46(71)36(21-40(78-25)79-38-23-59(76,39(70)24-69)22-34-43(38)50(75)45-44(48(34)73)47(72)32-17-10-20-37(77-2)42(32)49(45)74)60-35-19-9-18-33-41(35)58-67-56-31-16-8-7-15-30(31)54(65-56)63-52-27-12-4-3-11-26(27)51(61-52)62-53-28-13-5-6-14-29(28)55(64-53)66-57(33)68-58;/h3-20,25,36,38,40,46,60,69,71,73,75-76H,21-24H2,1-2H3,(H2,61,62,63,64,65,66,67,68);/t25?,36?,38-,40?,46?,59-;/m0./s1. The fourth-order valence-electron chi connectivity index (χ4n) is 11.9. The molecule has 6 heterocycles. The van der Waals surface area contributed by atoms with Gasteiger partial charge >= 0.3 is 0 Å². The minimum atomic E-state index is -2.37. The third-order valence-corrected chi connectivity index (χ3v) is 15.7. The van der Waals surface area contributed by atoms with Crippen LogP contribution in [0.4, 0.5) is 5.69 Å². The number of rotatable bonds is 7. The van der Waals surface area contributed by atoms with Crippen molar-refractivity contribution < 1.29 is 73.6 Å². The largest absolute Gasteiger partial charge is 0.507 e. The maximum absolute atomic E-state index is 14.3. The smallest absolute Gasteiger partial charge is 0.202 e. The number of methoxy groups -OCH3 is 1. The first-order chi connectivity index (χ1) is 38.3. The number of carbonyl (C=O) groups excluding carboxylic acids is 3. The average molecular weight is 1120 g/mol. The molecule has 8 N–H and O–H groups in total. The van der Waals surface area contributed by atoms with Crippen LogP contribution in [0.3, 0.4) is 0 Å². The van der Waals surface area contributed by atoms with Crippen LogP contribution in [0.1, 0.15) is 68.8 Å². The van der Waals surface area contributed by atoms with E-state index in [1.54, 1.807) is 6.92 Å². The van der Waals surface area contributed by atoms with E-state index in [2.05, 4.69) is 15.3 Å². The van der Waals surface area contributed by atoms with Gasteiger partial charge in [0.25, 0.3) is 0 Å². The second kappa shape index (κ2) is 19.0. The number of ketones is 3. The number of Topliss-reactive ketones (excluding diaryl/α,β-unsaturated/α-hetero) is 1. The Balaban J connectivity index is 0.00000605. The monoisotopic (exact) mass is 1120 g/mol. The molecule has 14 rings (SSSR count). The van der Waals surface area contributed by atoms with Crippen molar-refractivity contribution in [3.8, 4) is 62.8 Å². The van der Waals surface area contributed by atoms with Gasteiger partial charge in [0, 0.05) is 99.5 Å². The number of aromatic nitrogens is 8. The summed E-state index contributed by atoms with van der Waals surface area (Å²) < 4.78 is 18.3. The normalized spacial score (nSPS) is 20.7. The van der Waals surface area contributed by atoms with Crippen LogP contribution in [0.25, 0.3) is 89.7 Å². The van der Waals surface area contributed by atoms with E-state index in [0.717, 1.165) is 33.0 Å². The van der Waals surface area contributed by atoms with Crippen molar-refractivity contribution in [2.75, 3.05) is 19.0 Å². The fraction of sp³-hybridized carbons (Fsp3) is 0.203. The number of aromatic amines is 2. The summed E-state index contributed by atoms with van der Waals surface area (Å²) in [6, 6.07) is 32.3. The first-order valence-electron chi connectivity index (χ1n) is 25.5. The molecule has 0 spiro atoms. The number of aliphatic hydroxyl groups excluding tert-OH is 2. The Hall–Kier alpha value is -8.69. The topological polar surface area (TPSA) is 301 Å². The summed E-state index contributed by atoms with van der Waals surface area (Å²) in [5.74, 6) is -2.36. The van der Waals surface area contributed by atoms with Crippen LogP contribution in [-0.4, -0.2) is 127 Å². The van der Waals surface area contributed by atoms with Gasteiger partial charge in [-0.25, -0.2) is 29.9 Å². The number of phenols is 2. The summed E-state index contributed by atoms with van der Waals surface area (Å²) >= 11 is 0. The van der Waals surface area contributed by atoms with Crippen molar-refractivity contribution >= 4 is 67.2 Å². The van der Waals surface area contributed by atoms with Crippen molar-refractivity contribution in [3.05, 3.63) is 143 Å². The number of carbonyl (C=O) groups is 3. The molecule has 9 aromatic rings. The van der Waals surface area contributed by atoms with Crippen LogP contribution in [0.5, 0.6) is 17.2 Å².